The van der Waals surface area contributed by atoms with Crippen molar-refractivity contribution >= 4 is 33.7 Å². The van der Waals surface area contributed by atoms with E-state index in [9.17, 15) is 18.0 Å². The van der Waals surface area contributed by atoms with Crippen molar-refractivity contribution in [2.75, 3.05) is 13.2 Å². The molecule has 118 valence electrons. The van der Waals surface area contributed by atoms with Crippen molar-refractivity contribution in [1.29, 1.82) is 0 Å². The molecule has 1 aromatic rings. The molecule has 2 aliphatic heterocycles. The highest BCUT2D eigenvalue weighted by molar-refractivity contribution is 7.89. The van der Waals surface area contributed by atoms with Crippen molar-refractivity contribution in [2.45, 2.75) is 23.4 Å². The molecule has 0 amide bonds. The van der Waals surface area contributed by atoms with Gasteiger partial charge in [-0.05, 0) is 24.3 Å². The van der Waals surface area contributed by atoms with Gasteiger partial charge in [0.2, 0.25) is 10.0 Å². The minimum atomic E-state index is -3.82. The third-order valence-electron chi connectivity index (χ3n) is 4.04. The summed E-state index contributed by atoms with van der Waals surface area (Å²) in [4.78, 5) is 23.3. The molecule has 22 heavy (non-hydrogen) atoms. The van der Waals surface area contributed by atoms with Gasteiger partial charge in [0.15, 0.2) is 0 Å². The van der Waals surface area contributed by atoms with Crippen molar-refractivity contribution in [2.24, 2.45) is 5.92 Å². The van der Waals surface area contributed by atoms with E-state index in [0.29, 0.717) is 11.3 Å². The number of sulfonamides is 1. The summed E-state index contributed by atoms with van der Waals surface area (Å²) in [6, 6.07) is 4.47. The average Bonchev–Trinajstić information content (AvgIpc) is 2.47. The SMILES string of the molecule is O=CC1C(=O)CC2COCC1N2S(=O)(=O)c1ccc(Cl)cc1. The number of hydrogen-bond acceptors (Lipinski definition) is 5. The summed E-state index contributed by atoms with van der Waals surface area (Å²) in [6.45, 7) is 0.194. The van der Waals surface area contributed by atoms with Crippen LogP contribution in [0.4, 0.5) is 0 Å². The zero-order valence-corrected chi connectivity index (χ0v) is 13.1. The van der Waals surface area contributed by atoms with Crippen LogP contribution >= 0.6 is 11.6 Å². The number of halogens is 1. The maximum absolute atomic E-state index is 12.9. The number of ketones is 1. The maximum atomic E-state index is 12.9. The van der Waals surface area contributed by atoms with Crippen molar-refractivity contribution in [3.8, 4) is 0 Å². The molecule has 0 N–H and O–H groups in total. The quantitative estimate of drug-likeness (QED) is 0.601. The molecule has 0 aliphatic carbocycles. The average molecular weight is 344 g/mol. The van der Waals surface area contributed by atoms with Crippen LogP contribution in [0.15, 0.2) is 29.2 Å². The number of carbonyl (C=O) groups is 2. The van der Waals surface area contributed by atoms with E-state index in [-0.39, 0.29) is 30.3 Å². The van der Waals surface area contributed by atoms with E-state index >= 15 is 0 Å². The molecule has 1 aromatic carbocycles. The predicted octanol–water partition coefficient (Wildman–Crippen LogP) is 0.886. The summed E-state index contributed by atoms with van der Waals surface area (Å²) in [6.07, 6.45) is 0.509. The summed E-state index contributed by atoms with van der Waals surface area (Å²) in [5.41, 5.74) is 0. The summed E-state index contributed by atoms with van der Waals surface area (Å²) >= 11 is 5.79. The Morgan fingerprint density at radius 2 is 1.91 bits per heavy atom. The number of benzene rings is 1. The van der Waals surface area contributed by atoms with E-state index < -0.39 is 28.0 Å². The molecule has 2 heterocycles. The van der Waals surface area contributed by atoms with Gasteiger partial charge < -0.3 is 9.53 Å². The number of aldehydes is 1. The zero-order valence-electron chi connectivity index (χ0n) is 11.5. The fourth-order valence-electron chi connectivity index (χ4n) is 3.01. The number of fused-ring (bicyclic) bond motifs is 2. The normalized spacial score (nSPS) is 29.3. The molecule has 3 unspecified atom stereocenters. The molecule has 3 rings (SSSR count). The zero-order chi connectivity index (χ0) is 15.9. The van der Waals surface area contributed by atoms with E-state index in [2.05, 4.69) is 0 Å². The van der Waals surface area contributed by atoms with Crippen LogP contribution in [0.25, 0.3) is 0 Å². The second kappa shape index (κ2) is 5.73. The van der Waals surface area contributed by atoms with Crippen molar-refractivity contribution in [3.63, 3.8) is 0 Å². The number of piperidine rings is 1. The van der Waals surface area contributed by atoms with Crippen LogP contribution in [0.2, 0.25) is 5.02 Å². The van der Waals surface area contributed by atoms with Crippen molar-refractivity contribution in [3.05, 3.63) is 29.3 Å². The smallest absolute Gasteiger partial charge is 0.243 e. The Morgan fingerprint density at radius 3 is 2.55 bits per heavy atom. The Morgan fingerprint density at radius 1 is 1.23 bits per heavy atom. The fraction of sp³-hybridized carbons (Fsp3) is 0.429. The molecule has 8 heteroatoms. The Labute approximate surface area is 133 Å². The molecule has 0 spiro atoms. The van der Waals surface area contributed by atoms with E-state index in [1.165, 1.54) is 28.6 Å². The first-order valence-corrected chi connectivity index (χ1v) is 8.62. The van der Waals surface area contributed by atoms with Gasteiger partial charge in [-0.25, -0.2) is 8.42 Å². The summed E-state index contributed by atoms with van der Waals surface area (Å²) in [5, 5.41) is 0.432. The highest BCUT2D eigenvalue weighted by atomic mass is 35.5. The fourth-order valence-corrected chi connectivity index (χ4v) is 4.93. The van der Waals surface area contributed by atoms with Gasteiger partial charge in [0.25, 0.3) is 0 Å². The topological polar surface area (TPSA) is 80.8 Å². The van der Waals surface area contributed by atoms with Crippen molar-refractivity contribution < 1.29 is 22.7 Å². The maximum Gasteiger partial charge on any atom is 0.243 e. The largest absolute Gasteiger partial charge is 0.378 e. The van der Waals surface area contributed by atoms with Crippen LogP contribution in [0, 0.1) is 5.92 Å². The minimum absolute atomic E-state index is 0.00722. The third kappa shape index (κ3) is 2.48. The van der Waals surface area contributed by atoms with Crippen LogP contribution in [0.3, 0.4) is 0 Å². The summed E-state index contributed by atoms with van der Waals surface area (Å²) < 4.78 is 32.4. The first-order chi connectivity index (χ1) is 10.4. The van der Waals surface area contributed by atoms with Crippen LogP contribution in [0.5, 0.6) is 0 Å². The molecular formula is C14H14ClNO5S. The van der Waals surface area contributed by atoms with Crippen LogP contribution in [-0.2, 0) is 24.3 Å². The van der Waals surface area contributed by atoms with Crippen LogP contribution in [-0.4, -0.2) is 50.1 Å². The minimum Gasteiger partial charge on any atom is -0.378 e. The van der Waals surface area contributed by atoms with Gasteiger partial charge in [-0.3, -0.25) is 4.79 Å². The third-order valence-corrected chi connectivity index (χ3v) is 6.29. The molecule has 0 saturated carbocycles. The molecule has 0 aromatic heterocycles. The molecule has 0 radical (unpaired) electrons. The number of ether oxygens (including phenoxy) is 1. The van der Waals surface area contributed by atoms with Gasteiger partial charge in [-0.2, -0.15) is 4.31 Å². The first-order valence-electron chi connectivity index (χ1n) is 6.80. The summed E-state index contributed by atoms with van der Waals surface area (Å²) in [5.74, 6) is -1.20. The van der Waals surface area contributed by atoms with Crippen LogP contribution in [0.1, 0.15) is 6.42 Å². The number of hydrogen-bond donors (Lipinski definition) is 0. The number of carbonyl (C=O) groups excluding carboxylic acids is 2. The van der Waals surface area contributed by atoms with E-state index in [4.69, 9.17) is 16.3 Å². The lowest BCUT2D eigenvalue weighted by molar-refractivity contribution is -0.141. The monoisotopic (exact) mass is 343 g/mol. The molecule has 3 atom stereocenters. The Kier molecular flexibility index (Phi) is 4.07. The van der Waals surface area contributed by atoms with Gasteiger partial charge in [0.05, 0.1) is 36.1 Å². The number of morpholine rings is 1. The Bertz CT molecular complexity index is 702. The van der Waals surface area contributed by atoms with Gasteiger partial charge in [-0.15, -0.1) is 0 Å². The first kappa shape index (κ1) is 15.6. The van der Waals surface area contributed by atoms with E-state index in [1.54, 1.807) is 0 Å². The molecule has 2 bridgehead atoms. The lowest BCUT2D eigenvalue weighted by Gasteiger charge is -2.46. The molecule has 2 fully saturated rings. The second-order valence-corrected chi connectivity index (χ2v) is 7.66. The van der Waals surface area contributed by atoms with Crippen molar-refractivity contribution in [1.82, 2.24) is 4.31 Å². The molecule has 2 saturated heterocycles. The van der Waals surface area contributed by atoms with E-state index in [1.807, 2.05) is 0 Å². The van der Waals surface area contributed by atoms with Gasteiger partial charge in [-0.1, -0.05) is 11.6 Å². The van der Waals surface area contributed by atoms with Gasteiger partial charge >= 0.3 is 0 Å². The standard InChI is InChI=1S/C14H14ClNO5S/c15-9-1-3-11(4-2-9)22(19,20)16-10-5-14(18)12(6-17)13(16)8-21-7-10/h1-4,6,10,12-13H,5,7-8H2. The highest BCUT2D eigenvalue weighted by Crippen LogP contribution is 2.34. The number of Topliss-reactive ketones (excluding diaryl/α,β-unsaturated/α-hetero) is 1. The van der Waals surface area contributed by atoms with Gasteiger partial charge in [0, 0.05) is 11.4 Å². The summed E-state index contributed by atoms with van der Waals surface area (Å²) in [7, 11) is -3.82. The molecule has 2 aliphatic rings. The predicted molar refractivity (Wildman–Crippen MR) is 78.0 cm³/mol. The second-order valence-electron chi connectivity index (χ2n) is 5.38. The lowest BCUT2D eigenvalue weighted by atomic mass is 9.86. The molecular weight excluding hydrogens is 330 g/mol. The lowest BCUT2D eigenvalue weighted by Crippen LogP contribution is -2.63. The van der Waals surface area contributed by atoms with E-state index in [0.717, 1.165) is 0 Å². The molecule has 6 nitrogen and oxygen atoms in total. The van der Waals surface area contributed by atoms with Gasteiger partial charge in [0.1, 0.15) is 12.1 Å². The number of nitrogens with zero attached hydrogens (tertiary/aromatic N) is 1. The Hall–Kier alpha value is -1.28. The van der Waals surface area contributed by atoms with Crippen LogP contribution < -0.4 is 0 Å². The highest BCUT2D eigenvalue weighted by Gasteiger charge is 2.50. The number of rotatable bonds is 3. The Balaban J connectivity index is 2.03.